The Morgan fingerprint density at radius 2 is 1.81 bits per heavy atom. The monoisotopic (exact) mass is 219 g/mol. The van der Waals surface area contributed by atoms with Crippen LogP contribution in [0.15, 0.2) is 24.3 Å². The van der Waals surface area contributed by atoms with Gasteiger partial charge in [-0.25, -0.2) is 0 Å². The van der Waals surface area contributed by atoms with Gasteiger partial charge in [-0.05, 0) is 57.2 Å². The Kier molecular flexibility index (Phi) is 2.94. The summed E-state index contributed by atoms with van der Waals surface area (Å²) in [6, 6.07) is 8.22. The van der Waals surface area contributed by atoms with Crippen LogP contribution in [0.2, 0.25) is 0 Å². The Labute approximate surface area is 97.8 Å². The van der Waals surface area contributed by atoms with Crippen LogP contribution in [0.4, 0.5) is 0 Å². The summed E-state index contributed by atoms with van der Waals surface area (Å²) < 4.78 is 5.62. The van der Waals surface area contributed by atoms with Crippen molar-refractivity contribution in [1.29, 1.82) is 0 Å². The molecule has 0 saturated heterocycles. The van der Waals surface area contributed by atoms with Gasteiger partial charge in [0.2, 0.25) is 0 Å². The molecule has 0 aromatic heterocycles. The maximum absolute atomic E-state index is 6.35. The van der Waals surface area contributed by atoms with E-state index in [0.717, 1.165) is 5.75 Å². The second-order valence-electron chi connectivity index (χ2n) is 5.25. The zero-order valence-corrected chi connectivity index (χ0v) is 10.4. The lowest BCUT2D eigenvalue weighted by atomic mass is 9.88. The minimum Gasteiger partial charge on any atom is -0.491 e. The van der Waals surface area contributed by atoms with Gasteiger partial charge in [-0.2, -0.15) is 0 Å². The minimum absolute atomic E-state index is 0.170. The van der Waals surface area contributed by atoms with Crippen molar-refractivity contribution in [2.24, 2.45) is 11.7 Å². The van der Waals surface area contributed by atoms with E-state index in [1.807, 2.05) is 26.0 Å². The Bertz CT molecular complexity index is 350. The summed E-state index contributed by atoms with van der Waals surface area (Å²) in [5.41, 5.74) is 7.40. The summed E-state index contributed by atoms with van der Waals surface area (Å²) in [5, 5.41) is 0. The summed E-state index contributed by atoms with van der Waals surface area (Å²) in [5.74, 6) is 1.58. The highest BCUT2D eigenvalue weighted by Gasteiger charge is 2.39. The van der Waals surface area contributed by atoms with Gasteiger partial charge in [0, 0.05) is 5.54 Å². The van der Waals surface area contributed by atoms with Gasteiger partial charge in [0.25, 0.3) is 0 Å². The molecule has 1 atom stereocenters. The van der Waals surface area contributed by atoms with Crippen LogP contribution in [0.1, 0.15) is 39.2 Å². The van der Waals surface area contributed by atoms with Crippen molar-refractivity contribution < 1.29 is 4.74 Å². The van der Waals surface area contributed by atoms with E-state index in [9.17, 15) is 0 Å². The van der Waals surface area contributed by atoms with Crippen molar-refractivity contribution >= 4 is 0 Å². The lowest BCUT2D eigenvalue weighted by Gasteiger charge is -2.25. The molecule has 16 heavy (non-hydrogen) atoms. The molecular formula is C14H21NO. The normalized spacial score (nSPS) is 19.6. The van der Waals surface area contributed by atoms with Crippen LogP contribution in [0.25, 0.3) is 0 Å². The maximum Gasteiger partial charge on any atom is 0.119 e. The average molecular weight is 219 g/mol. The number of hydrogen-bond acceptors (Lipinski definition) is 2. The molecule has 0 amide bonds. The first-order chi connectivity index (χ1) is 7.50. The van der Waals surface area contributed by atoms with E-state index in [0.29, 0.717) is 5.92 Å². The fourth-order valence-electron chi connectivity index (χ4n) is 2.08. The van der Waals surface area contributed by atoms with Crippen LogP contribution >= 0.6 is 0 Å². The molecule has 2 heteroatoms. The van der Waals surface area contributed by atoms with Gasteiger partial charge in [-0.3, -0.25) is 0 Å². The zero-order valence-electron chi connectivity index (χ0n) is 10.4. The quantitative estimate of drug-likeness (QED) is 0.844. The van der Waals surface area contributed by atoms with E-state index >= 15 is 0 Å². The summed E-state index contributed by atoms with van der Waals surface area (Å²) in [6.07, 6.45) is 2.74. The van der Waals surface area contributed by atoms with E-state index in [4.69, 9.17) is 10.5 Å². The summed E-state index contributed by atoms with van der Waals surface area (Å²) in [4.78, 5) is 0. The minimum atomic E-state index is -0.170. The standard InChI is InChI=1S/C14H21NO/c1-10(2)16-13-8-6-12(7-9-13)14(3,15)11-4-5-11/h6-11H,4-5,15H2,1-3H3. The molecule has 1 aromatic rings. The molecule has 2 N–H and O–H groups in total. The molecule has 1 aliphatic carbocycles. The lowest BCUT2D eigenvalue weighted by Crippen LogP contribution is -2.35. The summed E-state index contributed by atoms with van der Waals surface area (Å²) >= 11 is 0. The smallest absolute Gasteiger partial charge is 0.119 e. The number of benzene rings is 1. The van der Waals surface area contributed by atoms with Crippen molar-refractivity contribution in [1.82, 2.24) is 0 Å². The SMILES string of the molecule is CC(C)Oc1ccc(C(C)(N)C2CC2)cc1. The average Bonchev–Trinajstić information content (AvgIpc) is 3.00. The second-order valence-corrected chi connectivity index (χ2v) is 5.25. The number of rotatable bonds is 4. The molecule has 1 saturated carbocycles. The molecular weight excluding hydrogens is 198 g/mol. The Morgan fingerprint density at radius 3 is 2.25 bits per heavy atom. The molecule has 0 spiro atoms. The molecule has 2 nitrogen and oxygen atoms in total. The third-order valence-electron chi connectivity index (χ3n) is 3.27. The molecule has 1 aromatic carbocycles. The van der Waals surface area contributed by atoms with Crippen LogP contribution < -0.4 is 10.5 Å². The van der Waals surface area contributed by atoms with Crippen LogP contribution in [0, 0.1) is 5.92 Å². The third kappa shape index (κ3) is 2.38. The van der Waals surface area contributed by atoms with E-state index in [1.54, 1.807) is 0 Å². The van der Waals surface area contributed by atoms with Crippen molar-refractivity contribution in [3.8, 4) is 5.75 Å². The number of ether oxygens (including phenoxy) is 1. The lowest BCUT2D eigenvalue weighted by molar-refractivity contribution is 0.242. The van der Waals surface area contributed by atoms with Gasteiger partial charge >= 0.3 is 0 Å². The first kappa shape index (κ1) is 11.5. The van der Waals surface area contributed by atoms with Gasteiger partial charge < -0.3 is 10.5 Å². The van der Waals surface area contributed by atoms with E-state index in [2.05, 4.69) is 19.1 Å². The third-order valence-corrected chi connectivity index (χ3v) is 3.27. The predicted octanol–water partition coefficient (Wildman–Crippen LogP) is 3.06. The van der Waals surface area contributed by atoms with Gasteiger partial charge in [-0.1, -0.05) is 12.1 Å². The molecule has 1 aliphatic rings. The molecule has 0 aliphatic heterocycles. The van der Waals surface area contributed by atoms with Crippen molar-refractivity contribution in [2.75, 3.05) is 0 Å². The molecule has 0 radical (unpaired) electrons. The zero-order chi connectivity index (χ0) is 11.8. The summed E-state index contributed by atoms with van der Waals surface area (Å²) in [7, 11) is 0. The van der Waals surface area contributed by atoms with Crippen LogP contribution in [0.3, 0.4) is 0 Å². The van der Waals surface area contributed by atoms with Crippen molar-refractivity contribution in [3.63, 3.8) is 0 Å². The van der Waals surface area contributed by atoms with E-state index in [1.165, 1.54) is 18.4 Å². The Hall–Kier alpha value is -1.02. The molecule has 88 valence electrons. The van der Waals surface area contributed by atoms with Gasteiger partial charge in [0.1, 0.15) is 5.75 Å². The van der Waals surface area contributed by atoms with Crippen LogP contribution in [-0.2, 0) is 5.54 Å². The maximum atomic E-state index is 6.35. The molecule has 1 unspecified atom stereocenters. The fraction of sp³-hybridized carbons (Fsp3) is 0.571. The second kappa shape index (κ2) is 4.10. The van der Waals surface area contributed by atoms with Crippen molar-refractivity contribution in [3.05, 3.63) is 29.8 Å². The van der Waals surface area contributed by atoms with Gasteiger partial charge in [0.05, 0.1) is 6.10 Å². The first-order valence-electron chi connectivity index (χ1n) is 6.06. The molecule has 0 bridgehead atoms. The first-order valence-corrected chi connectivity index (χ1v) is 6.06. The van der Waals surface area contributed by atoms with Gasteiger partial charge in [0.15, 0.2) is 0 Å². The topological polar surface area (TPSA) is 35.2 Å². The highest BCUT2D eigenvalue weighted by Crippen LogP contribution is 2.43. The van der Waals surface area contributed by atoms with E-state index in [-0.39, 0.29) is 11.6 Å². The molecule has 2 rings (SSSR count). The van der Waals surface area contributed by atoms with Crippen LogP contribution in [-0.4, -0.2) is 6.10 Å². The largest absolute Gasteiger partial charge is 0.491 e. The molecule has 0 heterocycles. The predicted molar refractivity (Wildman–Crippen MR) is 66.5 cm³/mol. The molecule has 1 fully saturated rings. The summed E-state index contributed by atoms with van der Waals surface area (Å²) in [6.45, 7) is 6.19. The van der Waals surface area contributed by atoms with Crippen LogP contribution in [0.5, 0.6) is 5.75 Å². The van der Waals surface area contributed by atoms with E-state index < -0.39 is 0 Å². The van der Waals surface area contributed by atoms with Gasteiger partial charge in [-0.15, -0.1) is 0 Å². The highest BCUT2D eigenvalue weighted by molar-refractivity contribution is 5.32. The fourth-order valence-corrected chi connectivity index (χ4v) is 2.08. The number of nitrogens with two attached hydrogens (primary N) is 1. The Morgan fingerprint density at radius 1 is 1.25 bits per heavy atom. The van der Waals surface area contributed by atoms with Crippen molar-refractivity contribution in [2.45, 2.75) is 45.3 Å². The number of hydrogen-bond donors (Lipinski definition) is 1. The Balaban J connectivity index is 2.12. The highest BCUT2D eigenvalue weighted by atomic mass is 16.5.